The fourth-order valence-corrected chi connectivity index (χ4v) is 13.1. The van der Waals surface area contributed by atoms with Crippen LogP contribution in [0.2, 0.25) is 20.1 Å². The lowest BCUT2D eigenvalue weighted by atomic mass is 10.3. The summed E-state index contributed by atoms with van der Waals surface area (Å²) in [7, 11) is -0.341. The number of carboxylic acid groups (broad SMARTS) is 2. The Bertz CT molecular complexity index is 5200. The average Bonchev–Trinajstić information content (AvgIpc) is 1.63. The summed E-state index contributed by atoms with van der Waals surface area (Å²) >= 11 is 23.6. The van der Waals surface area contributed by atoms with Crippen molar-refractivity contribution >= 4 is 163 Å². The average molecular weight is 2050 g/mol. The van der Waals surface area contributed by atoms with Crippen molar-refractivity contribution in [3.63, 3.8) is 0 Å². The van der Waals surface area contributed by atoms with E-state index in [2.05, 4.69) is 88.9 Å². The number of carbonyl (C=O) groups excluding carboxylic acids is 10. The summed E-state index contributed by atoms with van der Waals surface area (Å²) in [5.41, 5.74) is 1.75. The first-order valence-corrected chi connectivity index (χ1v) is 44.7. The number of nitrogens with zero attached hydrogens (tertiary/aromatic N) is 24. The molecule has 55 nitrogen and oxygen atoms in total. The van der Waals surface area contributed by atoms with E-state index in [-0.39, 0.29) is 35.7 Å². The van der Waals surface area contributed by atoms with Crippen molar-refractivity contribution in [2.75, 3.05) is 159 Å². The number of anilines is 4. The van der Waals surface area contributed by atoms with E-state index in [1.165, 1.54) is 94.0 Å². The number of fused-ring (bicyclic) bond motifs is 4. The molecule has 8 atom stereocenters. The van der Waals surface area contributed by atoms with Crippen molar-refractivity contribution in [1.82, 2.24) is 99.0 Å². The van der Waals surface area contributed by atoms with Crippen molar-refractivity contribution in [2.45, 2.75) is 49.7 Å². The van der Waals surface area contributed by atoms with Crippen LogP contribution >= 0.6 is 46.4 Å². The molecule has 0 spiro atoms. The topological polar surface area (TPSA) is 704 Å². The van der Waals surface area contributed by atoms with Crippen LogP contribution in [0, 0.1) is 0 Å². The van der Waals surface area contributed by atoms with Crippen molar-refractivity contribution < 1.29 is 147 Å². The molecular formula is C77H86Cl4N24O31S2. The molecule has 8 aliphatic heterocycles. The van der Waals surface area contributed by atoms with E-state index in [4.69, 9.17) is 118 Å². The van der Waals surface area contributed by atoms with Crippen LogP contribution < -0.4 is 19.6 Å². The van der Waals surface area contributed by atoms with Crippen LogP contribution in [0.15, 0.2) is 123 Å². The fraction of sp³-hybridized carbons (Fsp3) is 0.377. The lowest BCUT2D eigenvalue weighted by Gasteiger charge is -2.33. The molecule has 0 unspecified atom stereocenters. The fourth-order valence-electron chi connectivity index (χ4n) is 12.7. The molecule has 9 N–H and O–H groups in total. The van der Waals surface area contributed by atoms with E-state index in [0.717, 1.165) is 52.4 Å². The normalized spacial score (nSPS) is 18.7. The van der Waals surface area contributed by atoms with Gasteiger partial charge in [0.2, 0.25) is 49.7 Å². The highest BCUT2D eigenvalue weighted by molar-refractivity contribution is 7.85. The Balaban J connectivity index is 0.000000187. The highest BCUT2D eigenvalue weighted by Crippen LogP contribution is 2.41. The van der Waals surface area contributed by atoms with Crippen LogP contribution in [0.25, 0.3) is 0 Å². The number of aliphatic carboxylic acids is 2. The summed E-state index contributed by atoms with van der Waals surface area (Å²) in [4.78, 5) is 211. The van der Waals surface area contributed by atoms with E-state index >= 15 is 0 Å². The molecule has 16 heterocycles. The third-order valence-corrected chi connectivity index (χ3v) is 20.5. The highest BCUT2D eigenvalue weighted by atomic mass is 35.5. The molecule has 61 heteroatoms. The van der Waals surface area contributed by atoms with Gasteiger partial charge in [-0.25, -0.2) is 88.2 Å². The number of halogens is 4. The summed E-state index contributed by atoms with van der Waals surface area (Å²) in [6, 6.07) is 12.8. The molecule has 8 aromatic rings. The summed E-state index contributed by atoms with van der Waals surface area (Å²) in [5, 5.41) is 51.3. The number of ether oxygens (including phenoxy) is 6. The van der Waals surface area contributed by atoms with Crippen LogP contribution in [0.3, 0.4) is 0 Å². The Morgan fingerprint density at radius 2 is 0.529 bits per heavy atom. The molecule has 138 heavy (non-hydrogen) atoms. The molecule has 0 radical (unpaired) electrons. The summed E-state index contributed by atoms with van der Waals surface area (Å²) in [6.45, 7) is 10.2. The zero-order chi connectivity index (χ0) is 101. The third-order valence-electron chi connectivity index (χ3n) is 19.6. The first-order chi connectivity index (χ1) is 65.3. The standard InChI is InChI=1S/4C17H17ClN6O3.2C4H6O6.CH4O3S.H2O4S/c4*1-22-6-8-23(9-7-22)17(26)27-16-14-13(19-4-5-20-14)15(25)24(16)12-3-2-11(18)10-21-12;2*5-1-10-4(9)2(6)3(7)8;2*1-5(2,3)4/h4*2-5,10,16H,6-9H2,1H3;2*1-2,4,6,9H,(H,7,8);1H3,(H,2,3,4);(H2,1,2,3,4)/t4*16-;2*2-,4-;;/m000010../s1. The molecule has 8 aliphatic rings. The summed E-state index contributed by atoms with van der Waals surface area (Å²) in [5.74, 6) is -3.80. The van der Waals surface area contributed by atoms with Crippen molar-refractivity contribution in [2.24, 2.45) is 0 Å². The molecule has 16 rings (SSSR count). The predicted octanol–water partition coefficient (Wildman–Crippen LogP) is 0.970. The van der Waals surface area contributed by atoms with Gasteiger partial charge in [-0.05, 0) is 76.7 Å². The van der Waals surface area contributed by atoms with E-state index in [0.29, 0.717) is 125 Å². The van der Waals surface area contributed by atoms with Gasteiger partial charge in [-0.2, -0.15) is 16.8 Å². The van der Waals surface area contributed by atoms with E-state index in [1.807, 2.05) is 28.2 Å². The van der Waals surface area contributed by atoms with E-state index in [9.17, 15) is 66.0 Å². The summed E-state index contributed by atoms with van der Waals surface area (Å²) in [6.07, 6.45) is 3.65. The molecule has 4 saturated heterocycles. The van der Waals surface area contributed by atoms with Gasteiger partial charge in [0.1, 0.15) is 46.0 Å². The maximum Gasteiger partial charge on any atom is 0.412 e. The van der Waals surface area contributed by atoms with E-state index < -0.39 is 130 Å². The van der Waals surface area contributed by atoms with Gasteiger partial charge in [0.15, 0.2) is 22.8 Å². The molecule has 8 aromatic heterocycles. The van der Waals surface area contributed by atoms with Gasteiger partial charge in [-0.1, -0.05) is 46.4 Å². The largest absolute Gasteiger partial charge is 0.479 e. The molecule has 0 saturated carbocycles. The summed E-state index contributed by atoms with van der Waals surface area (Å²) < 4.78 is 87.6. The van der Waals surface area contributed by atoms with Gasteiger partial charge in [0, 0.05) is 179 Å². The number of carbonyl (C=O) groups is 12. The number of aliphatic hydroxyl groups excluding tert-OH is 4. The number of pyridine rings is 4. The maximum atomic E-state index is 12.8. The minimum Gasteiger partial charge on any atom is -0.479 e. The quantitative estimate of drug-likeness (QED) is 0.0282. The van der Waals surface area contributed by atoms with Crippen LogP contribution in [0.4, 0.5) is 42.4 Å². The van der Waals surface area contributed by atoms with Gasteiger partial charge in [-0.15, -0.1) is 0 Å². The van der Waals surface area contributed by atoms with Gasteiger partial charge in [0.05, 0.1) is 26.3 Å². The number of piperazine rings is 4. The van der Waals surface area contributed by atoms with Gasteiger partial charge in [0.25, 0.3) is 46.7 Å². The monoisotopic (exact) mass is 2050 g/mol. The molecule has 0 bridgehead atoms. The number of hydrogen-bond acceptors (Lipinski definition) is 42. The molecule has 740 valence electrons. The second-order valence-electron chi connectivity index (χ2n) is 29.3. The van der Waals surface area contributed by atoms with Gasteiger partial charge >= 0.3 is 46.7 Å². The number of amides is 8. The van der Waals surface area contributed by atoms with Crippen molar-refractivity contribution in [3.05, 3.63) is 189 Å². The first kappa shape index (κ1) is 108. The van der Waals surface area contributed by atoms with Crippen LogP contribution in [0.1, 0.15) is 89.6 Å². The van der Waals surface area contributed by atoms with E-state index in [1.54, 1.807) is 68.1 Å². The predicted molar refractivity (Wildman–Crippen MR) is 471 cm³/mol. The Morgan fingerprint density at radius 1 is 0.348 bits per heavy atom. The zero-order valence-electron chi connectivity index (χ0n) is 72.7. The molecular weight excluding hydrogens is 1960 g/mol. The SMILES string of the molecule is CN1CCN(C(=O)O[C@H]2c3nccnc3C(=O)N2c2ccc(Cl)cn2)CC1.CN1CCN(C(=O)O[C@H]2c3nccnc3C(=O)N2c2ccc(Cl)cn2)CC1.CN1CCN(C(=O)O[C@H]2c3nccnc3C(=O)N2c2ccc(Cl)cn2)CC1.CN1CCN(C(=O)O[C@H]2c3nccnc3C(=O)N2c2ccc(Cl)cn2)CC1.CS(=O)(=O)O.O=CO[C@@H](O)[C@H](O)C(=O)O.O=CO[C@H](O)[C@@H](O)C(=O)O.O=S(=O)(O)O. The molecule has 0 aromatic carbocycles. The third kappa shape index (κ3) is 30.2. The Hall–Kier alpha value is -13.6. The van der Waals surface area contributed by atoms with Crippen molar-refractivity contribution in [1.29, 1.82) is 0 Å². The van der Waals surface area contributed by atoms with Gasteiger partial charge < -0.3 is 98.3 Å². The number of rotatable bonds is 16. The number of likely N-dealkylation sites (N-methyl/N-ethyl adjacent to an activating group) is 4. The molecule has 4 fully saturated rings. The number of aromatic nitrogens is 12. The van der Waals surface area contributed by atoms with Crippen LogP contribution in [-0.2, 0) is 68.1 Å². The first-order valence-electron chi connectivity index (χ1n) is 39.9. The number of carboxylic acids is 2. The second-order valence-corrected chi connectivity index (χ2v) is 33.4. The van der Waals surface area contributed by atoms with Crippen LogP contribution in [0.5, 0.6) is 0 Å². The lowest BCUT2D eigenvalue weighted by Crippen LogP contribution is -2.48. The Kier molecular flexibility index (Phi) is 39.1. The Labute approximate surface area is 801 Å². The molecule has 0 aliphatic carbocycles. The van der Waals surface area contributed by atoms with Crippen molar-refractivity contribution in [3.8, 4) is 0 Å². The van der Waals surface area contributed by atoms with Gasteiger partial charge in [-0.3, -0.25) is 62.4 Å². The minimum absolute atomic E-state index is 0.144. The lowest BCUT2D eigenvalue weighted by molar-refractivity contribution is -0.187. The molecule has 8 amide bonds. The maximum absolute atomic E-state index is 12.8. The highest BCUT2D eigenvalue weighted by Gasteiger charge is 2.49. The number of aliphatic hydroxyl groups is 4. The Morgan fingerprint density at radius 3 is 0.688 bits per heavy atom. The zero-order valence-corrected chi connectivity index (χ0v) is 77.4. The van der Waals surface area contributed by atoms with Crippen LogP contribution in [-0.4, -0.2) is 397 Å². The smallest absolute Gasteiger partial charge is 0.412 e. The second kappa shape index (κ2) is 49.9. The minimum atomic E-state index is -4.67. The number of hydrogen-bond donors (Lipinski definition) is 9.